The lowest BCUT2D eigenvalue weighted by atomic mass is 9.77. The number of halogens is 2. The molecule has 2 heterocycles. The lowest BCUT2D eigenvalue weighted by Gasteiger charge is -2.36. The molecule has 0 aromatic heterocycles. The summed E-state index contributed by atoms with van der Waals surface area (Å²) in [4.78, 5) is 26.9. The fourth-order valence-electron chi connectivity index (χ4n) is 4.00. The topological polar surface area (TPSA) is 46.6 Å². The van der Waals surface area contributed by atoms with E-state index in [1.807, 2.05) is 0 Å². The van der Waals surface area contributed by atoms with Crippen molar-refractivity contribution < 1.29 is 23.1 Å². The second kappa shape index (κ2) is 5.40. The summed E-state index contributed by atoms with van der Waals surface area (Å²) in [5.41, 5.74) is 0.752. The molecule has 4 rings (SSSR count). The molecule has 1 aromatic carbocycles. The molecule has 0 radical (unpaired) electrons. The Balaban J connectivity index is 1.78. The number of fused-ring (bicyclic) bond motifs is 1. The van der Waals surface area contributed by atoms with Crippen molar-refractivity contribution in [3.05, 3.63) is 47.0 Å². The fourth-order valence-corrected chi connectivity index (χ4v) is 4.00. The third-order valence-electron chi connectivity index (χ3n) is 5.18. The van der Waals surface area contributed by atoms with E-state index < -0.39 is 30.1 Å². The van der Waals surface area contributed by atoms with Gasteiger partial charge in [-0.3, -0.25) is 9.59 Å². The molecule has 1 saturated carbocycles. The Kier molecular flexibility index (Phi) is 3.44. The van der Waals surface area contributed by atoms with E-state index in [0.717, 1.165) is 0 Å². The van der Waals surface area contributed by atoms with Gasteiger partial charge in [0, 0.05) is 7.05 Å². The first-order chi connectivity index (χ1) is 11.5. The Hall–Kier alpha value is -2.24. The largest absolute Gasteiger partial charge is 0.483 e. The predicted octanol–water partition coefficient (Wildman–Crippen LogP) is 2.70. The lowest BCUT2D eigenvalue weighted by molar-refractivity contribution is -0.135. The summed E-state index contributed by atoms with van der Waals surface area (Å²) in [7, 11) is 1.56. The van der Waals surface area contributed by atoms with E-state index in [1.165, 1.54) is 23.1 Å². The molecule has 1 aromatic rings. The zero-order valence-electron chi connectivity index (χ0n) is 13.2. The lowest BCUT2D eigenvalue weighted by Crippen LogP contribution is -2.42. The van der Waals surface area contributed by atoms with E-state index in [1.54, 1.807) is 13.1 Å². The molecule has 0 bridgehead atoms. The van der Waals surface area contributed by atoms with Crippen molar-refractivity contribution in [2.24, 2.45) is 5.92 Å². The van der Waals surface area contributed by atoms with Crippen molar-refractivity contribution in [2.75, 3.05) is 7.05 Å². The van der Waals surface area contributed by atoms with Crippen LogP contribution in [0, 0.1) is 11.7 Å². The average molecular weight is 333 g/mol. The number of carbonyl (C=O) groups is 2. The molecule has 1 amide bonds. The third-order valence-corrected chi connectivity index (χ3v) is 5.18. The Bertz CT molecular complexity index is 760. The van der Waals surface area contributed by atoms with E-state index >= 15 is 0 Å². The van der Waals surface area contributed by atoms with Crippen LogP contribution in [0.3, 0.4) is 0 Å². The number of benzene rings is 1. The van der Waals surface area contributed by atoms with Crippen LogP contribution in [0.25, 0.3) is 0 Å². The molecule has 4 unspecified atom stereocenters. The first-order valence-corrected chi connectivity index (χ1v) is 8.09. The van der Waals surface area contributed by atoms with Crippen LogP contribution < -0.4 is 0 Å². The zero-order valence-corrected chi connectivity index (χ0v) is 13.2. The van der Waals surface area contributed by atoms with Crippen LogP contribution in [0.4, 0.5) is 8.78 Å². The van der Waals surface area contributed by atoms with Crippen LogP contribution in [0.2, 0.25) is 0 Å². The number of Topliss-reactive ketones (excluding diaryl/α,β-unsaturated/α-hetero) is 1. The van der Waals surface area contributed by atoms with Crippen molar-refractivity contribution >= 4 is 11.7 Å². The Labute approximate surface area is 138 Å². The zero-order chi connectivity index (χ0) is 17.0. The highest BCUT2D eigenvalue weighted by Gasteiger charge is 2.52. The molecular formula is C18H17F2NO3. The van der Waals surface area contributed by atoms with Crippen molar-refractivity contribution in [3.63, 3.8) is 0 Å². The number of amides is 1. The number of ketones is 1. The molecule has 24 heavy (non-hydrogen) atoms. The Morgan fingerprint density at radius 2 is 2.04 bits per heavy atom. The maximum atomic E-state index is 13.7. The number of alkyl halides is 1. The minimum Gasteiger partial charge on any atom is -0.483 e. The summed E-state index contributed by atoms with van der Waals surface area (Å²) >= 11 is 0. The van der Waals surface area contributed by atoms with Crippen LogP contribution >= 0.6 is 0 Å². The fraction of sp³-hybridized carbons (Fsp3) is 0.444. The van der Waals surface area contributed by atoms with Crippen LogP contribution in [0.5, 0.6) is 0 Å². The normalized spacial score (nSPS) is 32.5. The number of rotatable bonds is 1. The van der Waals surface area contributed by atoms with Gasteiger partial charge in [0.15, 0.2) is 11.5 Å². The summed E-state index contributed by atoms with van der Waals surface area (Å²) in [5, 5.41) is 0. The van der Waals surface area contributed by atoms with Gasteiger partial charge in [-0.2, -0.15) is 0 Å². The summed E-state index contributed by atoms with van der Waals surface area (Å²) in [6, 6.07) is 5.14. The van der Waals surface area contributed by atoms with Gasteiger partial charge in [0.05, 0.1) is 17.5 Å². The van der Waals surface area contributed by atoms with E-state index in [2.05, 4.69) is 0 Å². The number of nitrogens with zero attached hydrogens (tertiary/aromatic N) is 1. The molecule has 6 heteroatoms. The first kappa shape index (κ1) is 15.3. The highest BCUT2D eigenvalue weighted by molar-refractivity contribution is 6.11. The van der Waals surface area contributed by atoms with Gasteiger partial charge in [-0.25, -0.2) is 8.78 Å². The van der Waals surface area contributed by atoms with Crippen LogP contribution in [0.15, 0.2) is 35.6 Å². The Morgan fingerprint density at radius 1 is 1.25 bits per heavy atom. The van der Waals surface area contributed by atoms with Gasteiger partial charge in [0.1, 0.15) is 18.1 Å². The van der Waals surface area contributed by atoms with Gasteiger partial charge in [0.2, 0.25) is 0 Å². The van der Waals surface area contributed by atoms with Crippen LogP contribution in [-0.4, -0.2) is 35.9 Å². The molecule has 4 atom stereocenters. The molecule has 4 nitrogen and oxygen atoms in total. The molecule has 0 saturated heterocycles. The summed E-state index contributed by atoms with van der Waals surface area (Å²) in [6.45, 7) is 0. The summed E-state index contributed by atoms with van der Waals surface area (Å²) in [5.74, 6) is -1.58. The van der Waals surface area contributed by atoms with Gasteiger partial charge in [0.25, 0.3) is 5.91 Å². The van der Waals surface area contributed by atoms with Gasteiger partial charge in [-0.1, -0.05) is 12.1 Å². The summed E-state index contributed by atoms with van der Waals surface area (Å²) in [6.07, 6.45) is -0.575. The van der Waals surface area contributed by atoms with Crippen molar-refractivity contribution in [3.8, 4) is 0 Å². The quantitative estimate of drug-likeness (QED) is 0.794. The molecule has 126 valence electrons. The number of ether oxygens (including phenoxy) is 1. The third kappa shape index (κ3) is 2.16. The summed E-state index contributed by atoms with van der Waals surface area (Å²) < 4.78 is 33.2. The van der Waals surface area contributed by atoms with Crippen molar-refractivity contribution in [2.45, 2.75) is 37.6 Å². The Morgan fingerprint density at radius 3 is 2.79 bits per heavy atom. The maximum Gasteiger partial charge on any atom is 0.289 e. The van der Waals surface area contributed by atoms with Gasteiger partial charge in [-0.05, 0) is 37.0 Å². The molecule has 3 aliphatic rings. The van der Waals surface area contributed by atoms with Crippen LogP contribution in [0.1, 0.15) is 30.9 Å². The SMILES string of the molecule is CN1C(=O)C2=C(C(=O)C3CC(F)CCC3O2)C1c1cccc(F)c1. The average Bonchev–Trinajstić information content (AvgIpc) is 2.81. The maximum absolute atomic E-state index is 13.7. The molecular weight excluding hydrogens is 316 g/mol. The van der Waals surface area contributed by atoms with E-state index in [0.29, 0.717) is 18.4 Å². The van der Waals surface area contributed by atoms with E-state index in [-0.39, 0.29) is 29.4 Å². The minimum atomic E-state index is -1.02. The van der Waals surface area contributed by atoms with Gasteiger partial charge >= 0.3 is 0 Å². The molecule has 1 aliphatic carbocycles. The highest BCUT2D eigenvalue weighted by Crippen LogP contribution is 2.46. The van der Waals surface area contributed by atoms with Gasteiger partial charge < -0.3 is 9.64 Å². The van der Waals surface area contributed by atoms with Crippen LogP contribution in [-0.2, 0) is 14.3 Å². The smallest absolute Gasteiger partial charge is 0.289 e. The standard InChI is InChI=1S/C18H17F2NO3/c1-21-15(9-3-2-4-10(19)7-9)14-16(22)12-8-11(20)5-6-13(12)24-17(14)18(21)23/h2-4,7,11-13,15H,5-6,8H2,1H3. The number of likely N-dealkylation sites (N-methyl/N-ethyl adjacent to an activating group) is 1. The highest BCUT2D eigenvalue weighted by atomic mass is 19.1. The number of hydrogen-bond donors (Lipinski definition) is 0. The molecule has 0 spiro atoms. The van der Waals surface area contributed by atoms with Crippen molar-refractivity contribution in [1.82, 2.24) is 4.90 Å². The minimum absolute atomic E-state index is 0.0512. The second-order valence-corrected chi connectivity index (χ2v) is 6.65. The number of hydrogen-bond acceptors (Lipinski definition) is 3. The van der Waals surface area contributed by atoms with E-state index in [9.17, 15) is 18.4 Å². The van der Waals surface area contributed by atoms with Gasteiger partial charge in [-0.15, -0.1) is 0 Å². The first-order valence-electron chi connectivity index (χ1n) is 8.09. The molecule has 2 aliphatic heterocycles. The number of carbonyl (C=O) groups excluding carboxylic acids is 2. The van der Waals surface area contributed by atoms with E-state index in [4.69, 9.17) is 4.74 Å². The predicted molar refractivity (Wildman–Crippen MR) is 81.1 cm³/mol. The molecule has 1 fully saturated rings. The monoisotopic (exact) mass is 333 g/mol. The van der Waals surface area contributed by atoms with Crippen molar-refractivity contribution in [1.29, 1.82) is 0 Å². The second-order valence-electron chi connectivity index (χ2n) is 6.65. The molecule has 0 N–H and O–H groups in total.